The average Bonchev–Trinajstić information content (AvgIpc) is 2.23. The lowest BCUT2D eigenvalue weighted by Crippen LogP contribution is -2.25. The van der Waals surface area contributed by atoms with E-state index in [9.17, 15) is 9.59 Å². The molecule has 0 atom stereocenters. The Morgan fingerprint density at radius 2 is 2.07 bits per heavy atom. The fraction of sp³-hybridized carbons (Fsp3) is 0.400. The Morgan fingerprint density at radius 1 is 1.40 bits per heavy atom. The first-order valence-corrected chi connectivity index (χ1v) is 4.57. The van der Waals surface area contributed by atoms with E-state index in [0.29, 0.717) is 6.42 Å². The molecule has 84 valence electrons. The summed E-state index contributed by atoms with van der Waals surface area (Å²) in [5.41, 5.74) is 0.272. The van der Waals surface area contributed by atoms with E-state index in [0.717, 1.165) is 6.42 Å². The maximum absolute atomic E-state index is 11.1. The molecule has 0 saturated heterocycles. The van der Waals surface area contributed by atoms with E-state index in [1.807, 2.05) is 6.92 Å². The van der Waals surface area contributed by atoms with Crippen molar-refractivity contribution in [2.24, 2.45) is 0 Å². The van der Waals surface area contributed by atoms with Gasteiger partial charge in [0, 0.05) is 12.1 Å². The van der Waals surface area contributed by atoms with Gasteiger partial charge in [0.2, 0.25) is 0 Å². The molecule has 0 heterocycles. The van der Waals surface area contributed by atoms with Crippen molar-refractivity contribution in [2.75, 3.05) is 6.54 Å². The fourth-order valence-corrected chi connectivity index (χ4v) is 0.723. The van der Waals surface area contributed by atoms with E-state index in [-0.39, 0.29) is 12.1 Å². The van der Waals surface area contributed by atoms with Crippen molar-refractivity contribution in [3.8, 4) is 0 Å². The van der Waals surface area contributed by atoms with Gasteiger partial charge in [-0.1, -0.05) is 26.0 Å². The van der Waals surface area contributed by atoms with E-state index in [1.54, 1.807) is 0 Å². The van der Waals surface area contributed by atoms with Gasteiger partial charge in [-0.05, 0) is 6.42 Å². The molecule has 0 saturated carbocycles. The molecule has 0 spiro atoms. The molecule has 0 fully saturated rings. The highest BCUT2D eigenvalue weighted by atomic mass is 17.2. The van der Waals surface area contributed by atoms with Crippen LogP contribution in [0.2, 0.25) is 0 Å². The molecular weight excluding hydrogens is 198 g/mol. The standard InChI is InChI=1S/C10H15NO4/c1-4-6-8(3)9(12)14-15-10(13)11-7-5-2/h5H,2-4,6-7H2,1H3,(H,11,13). The van der Waals surface area contributed by atoms with Crippen molar-refractivity contribution in [1.29, 1.82) is 0 Å². The second kappa shape index (κ2) is 7.61. The fourth-order valence-electron chi connectivity index (χ4n) is 0.723. The highest BCUT2D eigenvalue weighted by Gasteiger charge is 2.11. The molecule has 0 aromatic carbocycles. The predicted molar refractivity (Wildman–Crippen MR) is 54.8 cm³/mol. The molecule has 0 rings (SSSR count). The van der Waals surface area contributed by atoms with Gasteiger partial charge < -0.3 is 5.32 Å². The van der Waals surface area contributed by atoms with Gasteiger partial charge in [-0.3, -0.25) is 0 Å². The van der Waals surface area contributed by atoms with Gasteiger partial charge in [0.25, 0.3) is 0 Å². The van der Waals surface area contributed by atoms with Gasteiger partial charge in [-0.15, -0.1) is 6.58 Å². The van der Waals surface area contributed by atoms with Crippen LogP contribution in [0.25, 0.3) is 0 Å². The van der Waals surface area contributed by atoms with Crippen LogP contribution in [0.4, 0.5) is 4.79 Å². The minimum absolute atomic E-state index is 0.242. The van der Waals surface area contributed by atoms with E-state index in [1.165, 1.54) is 6.08 Å². The second-order valence-corrected chi connectivity index (χ2v) is 2.76. The first-order valence-electron chi connectivity index (χ1n) is 4.57. The SMILES string of the molecule is C=CCNC(=O)OOC(=O)C(=C)CCC. The predicted octanol–water partition coefficient (Wildman–Crippen LogP) is 1.71. The van der Waals surface area contributed by atoms with Crippen LogP contribution in [0.5, 0.6) is 0 Å². The summed E-state index contributed by atoms with van der Waals surface area (Å²) in [7, 11) is 0. The van der Waals surface area contributed by atoms with Crippen LogP contribution in [0, 0.1) is 0 Å². The molecule has 0 aromatic rings. The van der Waals surface area contributed by atoms with Crippen molar-refractivity contribution in [3.63, 3.8) is 0 Å². The summed E-state index contributed by atoms with van der Waals surface area (Å²) >= 11 is 0. The van der Waals surface area contributed by atoms with Gasteiger partial charge in [-0.25, -0.2) is 19.4 Å². The minimum atomic E-state index is -0.840. The number of rotatable bonds is 5. The number of carbonyl (C=O) groups is 2. The zero-order valence-corrected chi connectivity index (χ0v) is 8.75. The summed E-state index contributed by atoms with van der Waals surface area (Å²) in [4.78, 5) is 30.3. The van der Waals surface area contributed by atoms with Crippen LogP contribution in [-0.4, -0.2) is 18.6 Å². The Labute approximate surface area is 88.7 Å². The number of hydrogen-bond donors (Lipinski definition) is 1. The third kappa shape index (κ3) is 6.31. The summed E-state index contributed by atoms with van der Waals surface area (Å²) in [5, 5.41) is 2.27. The van der Waals surface area contributed by atoms with Crippen molar-refractivity contribution < 1.29 is 19.4 Å². The second-order valence-electron chi connectivity index (χ2n) is 2.76. The van der Waals surface area contributed by atoms with Gasteiger partial charge >= 0.3 is 12.1 Å². The molecule has 0 aromatic heterocycles. The van der Waals surface area contributed by atoms with Gasteiger partial charge in [0.15, 0.2) is 0 Å². The van der Waals surface area contributed by atoms with Crippen molar-refractivity contribution >= 4 is 12.1 Å². The smallest absolute Gasteiger partial charge is 0.315 e. The maximum atomic E-state index is 11.1. The van der Waals surface area contributed by atoms with E-state index in [2.05, 4.69) is 28.2 Å². The van der Waals surface area contributed by atoms with Crippen molar-refractivity contribution in [2.45, 2.75) is 19.8 Å². The lowest BCUT2D eigenvalue weighted by molar-refractivity contribution is -0.227. The topological polar surface area (TPSA) is 64.6 Å². The maximum Gasteiger partial charge on any atom is 0.450 e. The molecule has 0 aliphatic heterocycles. The Kier molecular flexibility index (Phi) is 6.70. The molecule has 15 heavy (non-hydrogen) atoms. The molecule has 0 aliphatic rings. The number of amides is 1. The van der Waals surface area contributed by atoms with E-state index >= 15 is 0 Å². The lowest BCUT2D eigenvalue weighted by Gasteiger charge is -2.04. The molecule has 5 heteroatoms. The van der Waals surface area contributed by atoms with Gasteiger partial charge in [0.1, 0.15) is 0 Å². The van der Waals surface area contributed by atoms with E-state index < -0.39 is 12.1 Å². The first-order chi connectivity index (χ1) is 7.11. The summed E-state index contributed by atoms with van der Waals surface area (Å²) in [6, 6.07) is 0. The Bertz CT molecular complexity index is 260. The summed E-state index contributed by atoms with van der Waals surface area (Å²) in [5.74, 6) is -0.731. The molecule has 0 bridgehead atoms. The molecular formula is C10H15NO4. The quantitative estimate of drug-likeness (QED) is 0.327. The van der Waals surface area contributed by atoms with Crippen LogP contribution in [-0.2, 0) is 14.6 Å². The lowest BCUT2D eigenvalue weighted by atomic mass is 10.2. The molecule has 1 amide bonds. The number of carbonyl (C=O) groups excluding carboxylic acids is 2. The molecule has 0 unspecified atom stereocenters. The first kappa shape index (κ1) is 13.2. The third-order valence-electron chi connectivity index (χ3n) is 1.42. The highest BCUT2D eigenvalue weighted by Crippen LogP contribution is 2.03. The van der Waals surface area contributed by atoms with E-state index in [4.69, 9.17) is 0 Å². The Balaban J connectivity index is 3.74. The molecule has 0 radical (unpaired) electrons. The number of hydrogen-bond acceptors (Lipinski definition) is 4. The molecule has 5 nitrogen and oxygen atoms in total. The number of nitrogens with one attached hydrogen (secondary N) is 1. The van der Waals surface area contributed by atoms with Crippen LogP contribution < -0.4 is 5.32 Å². The van der Waals surface area contributed by atoms with Crippen LogP contribution in [0.3, 0.4) is 0 Å². The Hall–Kier alpha value is -1.78. The zero-order valence-electron chi connectivity index (χ0n) is 8.75. The highest BCUT2D eigenvalue weighted by molar-refractivity contribution is 5.87. The third-order valence-corrected chi connectivity index (χ3v) is 1.42. The van der Waals surface area contributed by atoms with Gasteiger partial charge in [-0.2, -0.15) is 0 Å². The summed E-state index contributed by atoms with van der Waals surface area (Å²) in [6.07, 6.45) is 1.92. The van der Waals surface area contributed by atoms with Crippen molar-refractivity contribution in [1.82, 2.24) is 5.32 Å². The van der Waals surface area contributed by atoms with Crippen LogP contribution >= 0.6 is 0 Å². The monoisotopic (exact) mass is 213 g/mol. The zero-order chi connectivity index (χ0) is 11.7. The molecule has 0 aliphatic carbocycles. The van der Waals surface area contributed by atoms with Gasteiger partial charge in [0.05, 0.1) is 0 Å². The van der Waals surface area contributed by atoms with Crippen LogP contribution in [0.1, 0.15) is 19.8 Å². The Morgan fingerprint density at radius 3 is 2.60 bits per heavy atom. The minimum Gasteiger partial charge on any atom is -0.315 e. The summed E-state index contributed by atoms with van der Waals surface area (Å²) < 4.78 is 0. The van der Waals surface area contributed by atoms with Crippen molar-refractivity contribution in [3.05, 3.63) is 24.8 Å². The molecule has 1 N–H and O–H groups in total. The normalized spacial score (nSPS) is 8.87. The van der Waals surface area contributed by atoms with Crippen LogP contribution in [0.15, 0.2) is 24.8 Å². The average molecular weight is 213 g/mol. The largest absolute Gasteiger partial charge is 0.450 e. The summed E-state index contributed by atoms with van der Waals surface area (Å²) in [6.45, 7) is 9.01.